The Labute approximate surface area is 187 Å². The molecular formula is C21H25N3O5S2. The van der Waals surface area contributed by atoms with E-state index in [1.165, 1.54) is 25.3 Å². The zero-order chi connectivity index (χ0) is 23.0. The Morgan fingerprint density at radius 1 is 1.03 bits per heavy atom. The van der Waals surface area contributed by atoms with Crippen LogP contribution in [-0.4, -0.2) is 39.7 Å². The first-order valence-electron chi connectivity index (χ1n) is 9.29. The lowest BCUT2D eigenvalue weighted by Crippen LogP contribution is -2.33. The van der Waals surface area contributed by atoms with Gasteiger partial charge in [-0.25, -0.2) is 13.1 Å². The number of thiocarbonyl (C=S) groups is 1. The minimum Gasteiger partial charge on any atom is -0.493 e. The molecule has 0 saturated carbocycles. The average molecular weight is 464 g/mol. The van der Waals surface area contributed by atoms with E-state index in [1.54, 1.807) is 57.4 Å². The predicted octanol–water partition coefficient (Wildman–Crippen LogP) is 2.92. The molecule has 2 aromatic rings. The van der Waals surface area contributed by atoms with Crippen molar-refractivity contribution in [2.24, 2.45) is 0 Å². The maximum atomic E-state index is 12.1. The third-order valence-electron chi connectivity index (χ3n) is 3.88. The normalized spacial score (nSPS) is 11.4. The smallest absolute Gasteiger partial charge is 0.250 e. The Morgan fingerprint density at radius 2 is 1.68 bits per heavy atom. The van der Waals surface area contributed by atoms with Gasteiger partial charge in [-0.1, -0.05) is 6.07 Å². The van der Waals surface area contributed by atoms with Crippen molar-refractivity contribution in [2.45, 2.75) is 24.8 Å². The Hall–Kier alpha value is -2.95. The second-order valence-corrected chi connectivity index (χ2v) is 8.81. The van der Waals surface area contributed by atoms with E-state index in [4.69, 9.17) is 21.7 Å². The number of nitrogens with one attached hydrogen (secondary N) is 3. The van der Waals surface area contributed by atoms with Crippen LogP contribution in [-0.2, 0) is 14.8 Å². The van der Waals surface area contributed by atoms with Gasteiger partial charge in [-0.3, -0.25) is 10.1 Å². The van der Waals surface area contributed by atoms with Gasteiger partial charge in [0.25, 0.3) is 0 Å². The number of carbonyl (C=O) groups excluding carboxylic acids is 1. The highest BCUT2D eigenvalue weighted by Crippen LogP contribution is 2.27. The van der Waals surface area contributed by atoms with Crippen LogP contribution in [0.5, 0.6) is 11.5 Å². The van der Waals surface area contributed by atoms with Crippen LogP contribution in [0.2, 0.25) is 0 Å². The maximum Gasteiger partial charge on any atom is 0.250 e. The van der Waals surface area contributed by atoms with Gasteiger partial charge in [-0.15, -0.1) is 0 Å². The van der Waals surface area contributed by atoms with E-state index in [0.29, 0.717) is 17.2 Å². The molecule has 0 radical (unpaired) electrons. The van der Waals surface area contributed by atoms with Gasteiger partial charge in [-0.2, -0.15) is 0 Å². The molecule has 31 heavy (non-hydrogen) atoms. The molecule has 0 aromatic heterocycles. The maximum absolute atomic E-state index is 12.1. The molecule has 10 heteroatoms. The number of hydrogen-bond donors (Lipinski definition) is 3. The highest BCUT2D eigenvalue weighted by Gasteiger charge is 2.15. The summed E-state index contributed by atoms with van der Waals surface area (Å²) in [5.74, 6) is 0.720. The summed E-state index contributed by atoms with van der Waals surface area (Å²) in [6.07, 6.45) is 2.95. The van der Waals surface area contributed by atoms with Gasteiger partial charge in [-0.05, 0) is 74.1 Å². The summed E-state index contributed by atoms with van der Waals surface area (Å²) < 4.78 is 37.2. The molecular weight excluding hydrogens is 438 g/mol. The molecule has 0 unspecified atom stereocenters. The van der Waals surface area contributed by atoms with E-state index in [1.807, 2.05) is 0 Å². The molecule has 0 bridgehead atoms. The van der Waals surface area contributed by atoms with Crippen LogP contribution in [0.25, 0.3) is 6.08 Å². The summed E-state index contributed by atoms with van der Waals surface area (Å²) in [7, 11) is -0.495. The lowest BCUT2D eigenvalue weighted by Gasteiger charge is -2.11. The quantitative estimate of drug-likeness (QED) is 0.408. The fraction of sp³-hybridized carbons (Fsp3) is 0.238. The molecule has 2 rings (SSSR count). The first kappa shape index (κ1) is 24.3. The van der Waals surface area contributed by atoms with Crippen molar-refractivity contribution in [1.82, 2.24) is 10.0 Å². The molecule has 0 aliphatic heterocycles. The zero-order valence-electron chi connectivity index (χ0n) is 17.6. The third-order valence-corrected chi connectivity index (χ3v) is 5.76. The number of benzene rings is 2. The van der Waals surface area contributed by atoms with Gasteiger partial charge < -0.3 is 14.8 Å². The van der Waals surface area contributed by atoms with Crippen LogP contribution in [0.4, 0.5) is 5.69 Å². The molecule has 166 valence electrons. The van der Waals surface area contributed by atoms with Crippen molar-refractivity contribution in [1.29, 1.82) is 0 Å². The minimum absolute atomic E-state index is 0.0814. The lowest BCUT2D eigenvalue weighted by molar-refractivity contribution is -0.115. The van der Waals surface area contributed by atoms with Gasteiger partial charge in [0.1, 0.15) is 0 Å². The van der Waals surface area contributed by atoms with Gasteiger partial charge in [0.15, 0.2) is 16.6 Å². The van der Waals surface area contributed by atoms with Crippen LogP contribution in [0, 0.1) is 0 Å². The fourth-order valence-electron chi connectivity index (χ4n) is 2.54. The second-order valence-electron chi connectivity index (χ2n) is 6.69. The predicted molar refractivity (Wildman–Crippen MR) is 125 cm³/mol. The Kier molecular flexibility index (Phi) is 8.55. The Morgan fingerprint density at radius 3 is 2.26 bits per heavy atom. The number of amides is 1. The van der Waals surface area contributed by atoms with E-state index in [9.17, 15) is 13.2 Å². The Bertz CT molecular complexity index is 1060. The zero-order valence-corrected chi connectivity index (χ0v) is 19.3. The summed E-state index contributed by atoms with van der Waals surface area (Å²) in [5, 5.41) is 5.45. The van der Waals surface area contributed by atoms with Gasteiger partial charge in [0, 0.05) is 17.8 Å². The van der Waals surface area contributed by atoms with Crippen LogP contribution in [0.1, 0.15) is 19.4 Å². The number of methoxy groups -OCH3 is 2. The molecule has 0 spiro atoms. The van der Waals surface area contributed by atoms with Crippen molar-refractivity contribution < 1.29 is 22.7 Å². The molecule has 0 fully saturated rings. The first-order chi connectivity index (χ1) is 14.6. The Balaban J connectivity index is 1.95. The second kappa shape index (κ2) is 10.9. The van der Waals surface area contributed by atoms with Crippen molar-refractivity contribution in [2.75, 3.05) is 19.5 Å². The molecule has 0 heterocycles. The SMILES string of the molecule is COc1ccc(C=CC(=O)NC(=S)Nc2ccc(S(=O)(=O)NC(C)C)cc2)cc1OC. The van der Waals surface area contributed by atoms with Gasteiger partial charge >= 0.3 is 0 Å². The standard InChI is InChI=1S/C21H25N3O5S2/c1-14(2)24-31(26,27)17-9-7-16(8-10-17)22-21(30)23-20(25)12-6-15-5-11-18(28-3)19(13-15)29-4/h5-14,24H,1-4H3,(H2,22,23,25,30). The highest BCUT2D eigenvalue weighted by molar-refractivity contribution is 7.89. The van der Waals surface area contributed by atoms with Crippen LogP contribution < -0.4 is 24.8 Å². The molecule has 0 saturated heterocycles. The minimum atomic E-state index is -3.57. The molecule has 0 aliphatic rings. The summed E-state index contributed by atoms with van der Waals surface area (Å²) >= 11 is 5.13. The van der Waals surface area contributed by atoms with E-state index in [-0.39, 0.29) is 16.0 Å². The van der Waals surface area contributed by atoms with Gasteiger partial charge in [0.2, 0.25) is 15.9 Å². The van der Waals surface area contributed by atoms with E-state index >= 15 is 0 Å². The van der Waals surface area contributed by atoms with E-state index < -0.39 is 15.9 Å². The largest absolute Gasteiger partial charge is 0.493 e. The van der Waals surface area contributed by atoms with Crippen molar-refractivity contribution in [3.8, 4) is 11.5 Å². The monoisotopic (exact) mass is 463 g/mol. The summed E-state index contributed by atoms with van der Waals surface area (Å²) in [5.41, 5.74) is 1.29. The summed E-state index contributed by atoms with van der Waals surface area (Å²) in [6, 6.07) is 11.1. The average Bonchev–Trinajstić information content (AvgIpc) is 2.71. The van der Waals surface area contributed by atoms with E-state index in [2.05, 4.69) is 15.4 Å². The fourth-order valence-corrected chi connectivity index (χ4v) is 4.01. The number of carbonyl (C=O) groups is 1. The molecule has 0 atom stereocenters. The van der Waals surface area contributed by atoms with Crippen LogP contribution >= 0.6 is 12.2 Å². The highest BCUT2D eigenvalue weighted by atomic mass is 32.2. The number of sulfonamides is 1. The van der Waals surface area contributed by atoms with Gasteiger partial charge in [0.05, 0.1) is 19.1 Å². The van der Waals surface area contributed by atoms with Crippen molar-refractivity contribution in [3.63, 3.8) is 0 Å². The number of rotatable bonds is 8. The third kappa shape index (κ3) is 7.35. The molecule has 3 N–H and O–H groups in total. The summed E-state index contributed by atoms with van der Waals surface area (Å²) in [6.45, 7) is 3.49. The lowest BCUT2D eigenvalue weighted by atomic mass is 10.2. The van der Waals surface area contributed by atoms with Crippen molar-refractivity contribution >= 4 is 45.0 Å². The number of ether oxygens (including phenoxy) is 2. The first-order valence-corrected chi connectivity index (χ1v) is 11.2. The molecule has 1 amide bonds. The van der Waals surface area contributed by atoms with Crippen LogP contribution in [0.15, 0.2) is 53.4 Å². The summed E-state index contributed by atoms with van der Waals surface area (Å²) in [4.78, 5) is 12.3. The molecule has 0 aliphatic carbocycles. The van der Waals surface area contributed by atoms with Crippen LogP contribution in [0.3, 0.4) is 0 Å². The van der Waals surface area contributed by atoms with Crippen molar-refractivity contribution in [3.05, 3.63) is 54.1 Å². The molecule has 2 aromatic carbocycles. The molecule has 8 nitrogen and oxygen atoms in total. The van der Waals surface area contributed by atoms with E-state index in [0.717, 1.165) is 5.56 Å². The number of anilines is 1. The topological polar surface area (TPSA) is 106 Å². The number of hydrogen-bond acceptors (Lipinski definition) is 6.